The van der Waals surface area contributed by atoms with Crippen molar-refractivity contribution >= 4 is 34.6 Å². The van der Waals surface area contributed by atoms with Gasteiger partial charge < -0.3 is 14.5 Å². The van der Waals surface area contributed by atoms with Crippen LogP contribution >= 0.6 is 12.2 Å². The first-order valence-electron chi connectivity index (χ1n) is 7.59. The van der Waals surface area contributed by atoms with Gasteiger partial charge in [0, 0.05) is 39.2 Å². The lowest BCUT2D eigenvalue weighted by atomic mass is 10.1. The second-order valence-corrected chi connectivity index (χ2v) is 5.75. The second kappa shape index (κ2) is 7.01. The number of nitrogens with one attached hydrogen (secondary N) is 1. The fourth-order valence-electron chi connectivity index (χ4n) is 2.68. The van der Waals surface area contributed by atoms with E-state index in [4.69, 9.17) is 17.0 Å². The Morgan fingerprint density at radius 1 is 1.39 bits per heavy atom. The maximum atomic E-state index is 11.7. The van der Waals surface area contributed by atoms with E-state index in [9.17, 15) is 4.79 Å². The summed E-state index contributed by atoms with van der Waals surface area (Å²) >= 11 is 5.37. The summed E-state index contributed by atoms with van der Waals surface area (Å²) < 4.78 is 5.31. The molecule has 122 valence electrons. The zero-order valence-electron chi connectivity index (χ0n) is 13.0. The zero-order chi connectivity index (χ0) is 16.2. The van der Waals surface area contributed by atoms with Crippen molar-refractivity contribution in [1.29, 1.82) is 0 Å². The molecule has 1 saturated heterocycles. The Morgan fingerprint density at radius 3 is 2.91 bits per heavy atom. The summed E-state index contributed by atoms with van der Waals surface area (Å²) in [5, 5.41) is 5.03. The van der Waals surface area contributed by atoms with Crippen LogP contribution in [0, 0.1) is 0 Å². The highest BCUT2D eigenvalue weighted by atomic mass is 32.1. The van der Waals surface area contributed by atoms with E-state index in [1.807, 2.05) is 17.0 Å². The highest BCUT2D eigenvalue weighted by molar-refractivity contribution is 7.80. The Bertz CT molecular complexity index is 643. The van der Waals surface area contributed by atoms with Gasteiger partial charge in [-0.15, -0.1) is 0 Å². The quantitative estimate of drug-likeness (QED) is 0.604. The lowest BCUT2D eigenvalue weighted by Gasteiger charge is -2.30. The lowest BCUT2D eigenvalue weighted by Crippen LogP contribution is -2.45. The van der Waals surface area contributed by atoms with Gasteiger partial charge in [0.05, 0.1) is 24.6 Å². The average molecular weight is 333 g/mol. The van der Waals surface area contributed by atoms with E-state index in [-0.39, 0.29) is 5.91 Å². The first-order chi connectivity index (χ1) is 11.2. The third-order valence-electron chi connectivity index (χ3n) is 3.89. The van der Waals surface area contributed by atoms with Crippen LogP contribution in [0.4, 0.5) is 5.69 Å². The van der Waals surface area contributed by atoms with Gasteiger partial charge in [0.1, 0.15) is 5.69 Å². The van der Waals surface area contributed by atoms with E-state index in [1.54, 1.807) is 18.0 Å². The van der Waals surface area contributed by atoms with Gasteiger partial charge in [-0.3, -0.25) is 15.2 Å². The number of amides is 1. The van der Waals surface area contributed by atoms with Crippen LogP contribution in [0.3, 0.4) is 0 Å². The third kappa shape index (κ3) is 3.48. The van der Waals surface area contributed by atoms with Crippen LogP contribution in [0.25, 0.3) is 0 Å². The van der Waals surface area contributed by atoms with Gasteiger partial charge in [-0.1, -0.05) is 0 Å². The lowest BCUT2D eigenvalue weighted by molar-refractivity contribution is -0.116. The number of aromatic nitrogens is 1. The van der Waals surface area contributed by atoms with E-state index >= 15 is 0 Å². The minimum atomic E-state index is 0.00935. The standard InChI is InChI=1S/C15H19N5O2S/c1-11(21)20-6-4-12(14-13(20)3-2-5-16-14)17-18-15(23)19-7-9-22-10-8-19/h2-3,5H,4,6-10H2,1H3,(H,18,23)/b17-12-. The van der Waals surface area contributed by atoms with E-state index in [2.05, 4.69) is 15.5 Å². The summed E-state index contributed by atoms with van der Waals surface area (Å²) in [5.41, 5.74) is 5.29. The number of carbonyl (C=O) groups excluding carboxylic acids is 1. The van der Waals surface area contributed by atoms with Crippen molar-refractivity contribution in [2.75, 3.05) is 37.7 Å². The molecule has 2 aliphatic rings. The molecule has 3 heterocycles. The van der Waals surface area contributed by atoms with Gasteiger partial charge in [0.2, 0.25) is 5.91 Å². The predicted molar refractivity (Wildman–Crippen MR) is 91.5 cm³/mol. The van der Waals surface area contributed by atoms with Crippen LogP contribution in [0.1, 0.15) is 19.0 Å². The fourth-order valence-corrected chi connectivity index (χ4v) is 2.91. The number of hydrogen-bond acceptors (Lipinski definition) is 5. The summed E-state index contributed by atoms with van der Waals surface area (Å²) in [6, 6.07) is 3.71. The zero-order valence-corrected chi connectivity index (χ0v) is 13.8. The highest BCUT2D eigenvalue weighted by Gasteiger charge is 2.25. The topological polar surface area (TPSA) is 70.1 Å². The molecular weight excluding hydrogens is 314 g/mol. The summed E-state index contributed by atoms with van der Waals surface area (Å²) in [4.78, 5) is 19.9. The second-order valence-electron chi connectivity index (χ2n) is 5.37. The maximum absolute atomic E-state index is 11.7. The Morgan fingerprint density at radius 2 is 2.17 bits per heavy atom. The van der Waals surface area contributed by atoms with Crippen LogP contribution in [0.2, 0.25) is 0 Å². The van der Waals surface area contributed by atoms with E-state index in [0.717, 1.165) is 30.2 Å². The van der Waals surface area contributed by atoms with E-state index in [1.165, 1.54) is 0 Å². The van der Waals surface area contributed by atoms with Crippen molar-refractivity contribution < 1.29 is 9.53 Å². The maximum Gasteiger partial charge on any atom is 0.223 e. The Kier molecular flexibility index (Phi) is 4.82. The molecule has 8 heteroatoms. The molecule has 0 spiro atoms. The Hall–Kier alpha value is -2.06. The molecule has 0 unspecified atom stereocenters. The first-order valence-corrected chi connectivity index (χ1v) is 8.00. The van der Waals surface area contributed by atoms with Crippen LogP contribution in [-0.4, -0.2) is 59.5 Å². The number of morpholine rings is 1. The molecule has 0 radical (unpaired) electrons. The predicted octanol–water partition coefficient (Wildman–Crippen LogP) is 0.749. The molecule has 1 aromatic rings. The molecular formula is C15H19N5O2S. The number of hydrogen-bond donors (Lipinski definition) is 1. The smallest absolute Gasteiger partial charge is 0.223 e. The monoisotopic (exact) mass is 333 g/mol. The molecule has 3 rings (SSSR count). The van der Waals surface area contributed by atoms with Crippen molar-refractivity contribution in [2.24, 2.45) is 5.10 Å². The van der Waals surface area contributed by atoms with Crippen molar-refractivity contribution in [1.82, 2.24) is 15.3 Å². The summed E-state index contributed by atoms with van der Waals surface area (Å²) in [7, 11) is 0. The number of hydrazone groups is 1. The number of nitrogens with zero attached hydrogens (tertiary/aromatic N) is 4. The molecule has 0 aromatic carbocycles. The number of thiocarbonyl (C=S) groups is 1. The molecule has 1 N–H and O–H groups in total. The molecule has 7 nitrogen and oxygen atoms in total. The molecule has 0 bridgehead atoms. The SMILES string of the molecule is CC(=O)N1CC/C(=N/NC(=S)N2CCOCC2)c2ncccc21. The third-order valence-corrected chi connectivity index (χ3v) is 4.24. The number of anilines is 1. The van der Waals surface area contributed by atoms with Crippen LogP contribution in [0.5, 0.6) is 0 Å². The minimum absolute atomic E-state index is 0.00935. The molecule has 0 atom stereocenters. The largest absolute Gasteiger partial charge is 0.378 e. The molecule has 0 saturated carbocycles. The van der Waals surface area contributed by atoms with Crippen molar-refractivity contribution in [3.8, 4) is 0 Å². The summed E-state index contributed by atoms with van der Waals surface area (Å²) in [5.74, 6) is 0.00935. The molecule has 1 amide bonds. The summed E-state index contributed by atoms with van der Waals surface area (Å²) in [6.07, 6.45) is 2.35. The van der Waals surface area contributed by atoms with Crippen LogP contribution < -0.4 is 10.3 Å². The minimum Gasteiger partial charge on any atom is -0.378 e. The van der Waals surface area contributed by atoms with Gasteiger partial charge in [0.25, 0.3) is 0 Å². The van der Waals surface area contributed by atoms with Gasteiger partial charge in [-0.2, -0.15) is 5.10 Å². The summed E-state index contributed by atoms with van der Waals surface area (Å²) in [6.45, 7) is 5.05. The first kappa shape index (κ1) is 15.8. The number of rotatable bonds is 1. The van der Waals surface area contributed by atoms with Crippen molar-refractivity contribution in [3.63, 3.8) is 0 Å². The fraction of sp³-hybridized carbons (Fsp3) is 0.467. The van der Waals surface area contributed by atoms with Crippen LogP contribution in [0.15, 0.2) is 23.4 Å². The Labute approximate surface area is 140 Å². The molecule has 1 aromatic heterocycles. The highest BCUT2D eigenvalue weighted by Crippen LogP contribution is 2.25. The number of pyridine rings is 1. The van der Waals surface area contributed by atoms with Crippen molar-refractivity contribution in [2.45, 2.75) is 13.3 Å². The number of ether oxygens (including phenoxy) is 1. The van der Waals surface area contributed by atoms with Gasteiger partial charge in [-0.05, 0) is 24.4 Å². The number of fused-ring (bicyclic) bond motifs is 1. The van der Waals surface area contributed by atoms with Gasteiger partial charge in [0.15, 0.2) is 5.11 Å². The Balaban J connectivity index is 1.76. The van der Waals surface area contributed by atoms with Gasteiger partial charge >= 0.3 is 0 Å². The van der Waals surface area contributed by atoms with Crippen molar-refractivity contribution in [3.05, 3.63) is 24.0 Å². The normalized spacial score (nSPS) is 19.4. The molecule has 2 aliphatic heterocycles. The molecule has 23 heavy (non-hydrogen) atoms. The van der Waals surface area contributed by atoms with E-state index in [0.29, 0.717) is 31.3 Å². The van der Waals surface area contributed by atoms with Gasteiger partial charge in [-0.25, -0.2) is 0 Å². The van der Waals surface area contributed by atoms with Crippen LogP contribution in [-0.2, 0) is 9.53 Å². The average Bonchev–Trinajstić information content (AvgIpc) is 2.59. The number of carbonyl (C=O) groups is 1. The van der Waals surface area contributed by atoms with E-state index < -0.39 is 0 Å². The molecule has 0 aliphatic carbocycles. The molecule has 1 fully saturated rings.